The second-order valence-electron chi connectivity index (χ2n) is 30.8. The maximum Gasteiger partial charge on any atom is 0.0950 e. The lowest BCUT2D eigenvalue weighted by Gasteiger charge is -2.42. The van der Waals surface area contributed by atoms with E-state index in [0.29, 0.717) is 38.8 Å². The first-order valence-corrected chi connectivity index (χ1v) is 30.7. The van der Waals surface area contributed by atoms with Crippen LogP contribution in [0.25, 0.3) is 0 Å². The van der Waals surface area contributed by atoms with Gasteiger partial charge in [-0.25, -0.2) is 4.98 Å². The molecule has 0 saturated carbocycles. The van der Waals surface area contributed by atoms with Crippen LogP contribution in [0.4, 0.5) is 0 Å². The Labute approximate surface area is 472 Å². The van der Waals surface area contributed by atoms with E-state index >= 15 is 0 Å². The summed E-state index contributed by atoms with van der Waals surface area (Å²) < 4.78 is 2.08. The fourth-order valence-corrected chi connectivity index (χ4v) is 9.92. The van der Waals surface area contributed by atoms with E-state index in [1.54, 1.807) is 6.20 Å². The van der Waals surface area contributed by atoms with Crippen molar-refractivity contribution < 1.29 is 0 Å². The summed E-state index contributed by atoms with van der Waals surface area (Å²) in [6.07, 6.45) is 22.5. The molecule has 75 heavy (non-hydrogen) atoms. The van der Waals surface area contributed by atoms with Crippen LogP contribution < -0.4 is 0 Å². The van der Waals surface area contributed by atoms with Gasteiger partial charge in [0.1, 0.15) is 0 Å². The van der Waals surface area contributed by atoms with E-state index in [2.05, 4.69) is 222 Å². The maximum absolute atomic E-state index is 3.95. The minimum absolute atomic E-state index is 0. The second-order valence-corrected chi connectivity index (χ2v) is 30.8. The van der Waals surface area contributed by atoms with Crippen LogP contribution in [0.3, 0.4) is 0 Å². The van der Waals surface area contributed by atoms with Gasteiger partial charge in [-0.1, -0.05) is 26.7 Å². The average molecular weight is 1060 g/mol. The van der Waals surface area contributed by atoms with E-state index in [1.807, 2.05) is 12.5 Å². The Kier molecular flexibility index (Phi) is 33.1. The van der Waals surface area contributed by atoms with Crippen molar-refractivity contribution >= 4 is 0 Å². The summed E-state index contributed by atoms with van der Waals surface area (Å²) in [5, 5.41) is 0. The lowest BCUT2D eigenvalue weighted by molar-refractivity contribution is 0.0690. The Hall–Kier alpha value is -1.11. The highest BCUT2D eigenvalue weighted by Gasteiger charge is 2.30. The third-order valence-electron chi connectivity index (χ3n) is 15.9. The number of aromatic nitrogens is 2. The van der Waals surface area contributed by atoms with Gasteiger partial charge in [-0.3, -0.25) is 34.3 Å². The first-order chi connectivity index (χ1) is 33.7. The molecule has 1 aromatic rings. The Morgan fingerprint density at radius 1 is 0.253 bits per heavy atom. The molecule has 0 aromatic carbocycles. The van der Waals surface area contributed by atoms with Gasteiger partial charge in [-0.2, -0.15) is 0 Å². The Morgan fingerprint density at radius 2 is 0.453 bits per heavy atom. The zero-order valence-electron chi connectivity index (χ0n) is 55.0. The van der Waals surface area contributed by atoms with E-state index in [-0.39, 0.29) is 13.0 Å². The molecule has 10 heteroatoms. The quantitative estimate of drug-likeness (QED) is 0.236. The van der Waals surface area contributed by atoms with Crippen molar-refractivity contribution in [1.82, 2.24) is 48.8 Å². The highest BCUT2D eigenvalue weighted by atomic mass is 15.3. The largest absolute Gasteiger partial charge is 0.332 e. The number of hydrogen-bond donors (Lipinski definition) is 0. The smallest absolute Gasteiger partial charge is 0.0950 e. The minimum atomic E-state index is 0. The van der Waals surface area contributed by atoms with Crippen LogP contribution in [0.2, 0.25) is 0 Å². The SMILES string of the molecule is C.CC(C)(C)N1CC1.CC(C)(C)N1CCC1.CC(C)(C)N1CCCC1.CC(C)(C)N1CCCCC1.CC(C)(C)N1CCCCC1.CC(C)(C)N1CCCCC1.CC(C)(C)n1ccnc1.CN1CCN(C(C)(C)C)CC1. The molecule has 10 nitrogen and oxygen atoms in total. The third kappa shape index (κ3) is 33.9. The molecule has 0 spiro atoms. The number of likely N-dealkylation sites (N-methyl/N-ethyl adjacent to an activating group) is 1. The highest BCUT2D eigenvalue weighted by Crippen LogP contribution is 2.24. The van der Waals surface area contributed by atoms with Crippen LogP contribution in [-0.2, 0) is 5.54 Å². The number of piperazine rings is 1. The number of imidazole rings is 1. The number of piperidine rings is 3. The summed E-state index contributed by atoms with van der Waals surface area (Å²) in [5.74, 6) is 0. The summed E-state index contributed by atoms with van der Waals surface area (Å²) in [4.78, 5) is 24.1. The summed E-state index contributed by atoms with van der Waals surface area (Å²) in [5.41, 5.74) is 3.04. The fourth-order valence-electron chi connectivity index (χ4n) is 9.92. The molecule has 0 N–H and O–H groups in total. The number of rotatable bonds is 0. The molecule has 7 fully saturated rings. The van der Waals surface area contributed by atoms with Gasteiger partial charge in [-0.05, 0) is 296 Å². The van der Waals surface area contributed by atoms with Gasteiger partial charge in [0.05, 0.1) is 6.33 Å². The summed E-state index contributed by atoms with van der Waals surface area (Å²) in [7, 11) is 2.19. The summed E-state index contributed by atoms with van der Waals surface area (Å²) in [6, 6.07) is 0. The molecule has 0 unspecified atom stereocenters. The molecule has 0 atom stereocenters. The van der Waals surface area contributed by atoms with Crippen LogP contribution in [0.15, 0.2) is 18.7 Å². The van der Waals surface area contributed by atoms with Crippen molar-refractivity contribution in [3.8, 4) is 0 Å². The molecular formula is C65H138N10. The highest BCUT2D eigenvalue weighted by molar-refractivity contribution is 4.87. The Morgan fingerprint density at radius 3 is 0.587 bits per heavy atom. The van der Waals surface area contributed by atoms with Crippen LogP contribution in [0, 0.1) is 0 Å². The van der Waals surface area contributed by atoms with Gasteiger partial charge in [0.25, 0.3) is 0 Å². The monoisotopic (exact) mass is 1060 g/mol. The molecule has 0 aliphatic carbocycles. The topological polar surface area (TPSA) is 43.5 Å². The van der Waals surface area contributed by atoms with E-state index in [4.69, 9.17) is 0 Å². The van der Waals surface area contributed by atoms with Gasteiger partial charge >= 0.3 is 0 Å². The van der Waals surface area contributed by atoms with E-state index in [1.165, 1.54) is 182 Å². The minimum Gasteiger partial charge on any atom is -0.332 e. The first-order valence-electron chi connectivity index (χ1n) is 30.7. The molecule has 7 aliphatic rings. The predicted octanol–water partition coefficient (Wildman–Crippen LogP) is 14.6. The van der Waals surface area contributed by atoms with Gasteiger partial charge in [-0.15, -0.1) is 0 Å². The van der Waals surface area contributed by atoms with Gasteiger partial charge in [0, 0.05) is 96.0 Å². The number of hydrogen-bond acceptors (Lipinski definition) is 9. The van der Waals surface area contributed by atoms with Crippen LogP contribution in [0.5, 0.6) is 0 Å². The molecule has 0 radical (unpaired) electrons. The zero-order valence-corrected chi connectivity index (χ0v) is 55.0. The molecule has 8 rings (SSSR count). The van der Waals surface area contributed by atoms with Crippen LogP contribution in [0.1, 0.15) is 251 Å². The predicted molar refractivity (Wildman–Crippen MR) is 336 cm³/mol. The van der Waals surface area contributed by atoms with E-state index < -0.39 is 0 Å². The van der Waals surface area contributed by atoms with Crippen molar-refractivity contribution in [2.45, 2.75) is 295 Å². The maximum atomic E-state index is 3.95. The number of nitrogens with zero attached hydrogens (tertiary/aromatic N) is 10. The van der Waals surface area contributed by atoms with Crippen molar-refractivity contribution in [1.29, 1.82) is 0 Å². The molecule has 7 aliphatic heterocycles. The van der Waals surface area contributed by atoms with Crippen molar-refractivity contribution in [3.63, 3.8) is 0 Å². The van der Waals surface area contributed by atoms with Crippen molar-refractivity contribution in [3.05, 3.63) is 18.7 Å². The summed E-state index contributed by atoms with van der Waals surface area (Å²) >= 11 is 0. The van der Waals surface area contributed by atoms with Gasteiger partial charge in [0.15, 0.2) is 0 Å². The first kappa shape index (κ1) is 73.9. The Bertz CT molecular complexity index is 1430. The third-order valence-corrected chi connectivity index (χ3v) is 15.9. The molecule has 1 aromatic heterocycles. The van der Waals surface area contributed by atoms with Crippen LogP contribution in [-0.4, -0.2) is 199 Å². The molecular weight excluding hydrogens is 921 g/mol. The normalized spacial score (nSPS) is 21.5. The standard InChI is InChI=1S/C9H20N2.3C9H19N.C8H17N.C7H12N2.C7H15N.C6H13N.CH4/c1-9(2,3)11-7-5-10(4)6-8-11;3*1-9(2,3)10-7-5-4-6-8-10;1-8(2,3)9-6-4-5-7-9;1-7(2,3)9-5-4-8-6-9;1-7(2,3)8-5-4-6-8;1-6(2,3)7-4-5-7;/h5-8H2,1-4H3;3*4-8H2,1-3H3;4-7H2,1-3H3;4-6H,1-3H3;4-6H2,1-3H3;4-5H2,1-3H3;1H4. The fraction of sp³-hybridized carbons (Fsp3) is 0.954. The van der Waals surface area contributed by atoms with Crippen molar-refractivity contribution in [2.24, 2.45) is 0 Å². The van der Waals surface area contributed by atoms with Gasteiger partial charge in [0.2, 0.25) is 0 Å². The molecule has 8 heterocycles. The van der Waals surface area contributed by atoms with Gasteiger partial charge < -0.3 is 9.47 Å². The van der Waals surface area contributed by atoms with E-state index in [0.717, 1.165) is 0 Å². The lowest BCUT2D eigenvalue weighted by Crippen LogP contribution is -2.52. The average Bonchev–Trinajstić information content (AvgIpc) is 3.69. The Balaban J connectivity index is 0.000000835. The molecule has 0 bridgehead atoms. The van der Waals surface area contributed by atoms with E-state index in [9.17, 15) is 0 Å². The summed E-state index contributed by atoms with van der Waals surface area (Å²) in [6.45, 7) is 75.1. The van der Waals surface area contributed by atoms with Crippen molar-refractivity contribution in [2.75, 3.05) is 112 Å². The second kappa shape index (κ2) is 33.6. The zero-order chi connectivity index (χ0) is 56.8. The molecule has 7 saturated heterocycles. The van der Waals surface area contributed by atoms with Crippen LogP contribution >= 0.6 is 0 Å². The molecule has 448 valence electrons. The number of likely N-dealkylation sites (tertiary alicyclic amines) is 5. The molecule has 0 amide bonds. The lowest BCUT2D eigenvalue weighted by atomic mass is 10.0.